The lowest BCUT2D eigenvalue weighted by atomic mass is 10.4. The molecular weight excluding hydrogens is 172 g/mol. The van der Waals surface area contributed by atoms with Gasteiger partial charge in [0.2, 0.25) is 0 Å². The van der Waals surface area contributed by atoms with Crippen LogP contribution in [-0.2, 0) is 14.3 Å². The molecule has 0 aliphatic rings. The first kappa shape index (κ1) is 9.18. The predicted molar refractivity (Wildman–Crippen MR) is 44.9 cm³/mol. The summed E-state index contributed by atoms with van der Waals surface area (Å²) in [6.07, 6.45) is 1.51. The minimum absolute atomic E-state index is 0.318. The molecule has 0 aromatic carbocycles. The Morgan fingerprint density at radius 2 is 2.23 bits per heavy atom. The Bertz CT molecular complexity index is 310. The van der Waals surface area contributed by atoms with Gasteiger partial charge in [0.05, 0.1) is 7.11 Å². The van der Waals surface area contributed by atoms with Crippen molar-refractivity contribution >= 4 is 17.7 Å². The topological polar surface area (TPSA) is 68.3 Å². The van der Waals surface area contributed by atoms with Gasteiger partial charge in [0, 0.05) is 6.20 Å². The molecule has 5 nitrogen and oxygen atoms in total. The van der Waals surface area contributed by atoms with Gasteiger partial charge in [0.25, 0.3) is 0 Å². The van der Waals surface area contributed by atoms with Crippen molar-refractivity contribution in [3.05, 3.63) is 24.4 Å². The maximum absolute atomic E-state index is 10.9. The number of methoxy groups -OCH3 is 1. The Balaban J connectivity index is 2.60. The van der Waals surface area contributed by atoms with Gasteiger partial charge < -0.3 is 10.1 Å². The third-order valence-corrected chi connectivity index (χ3v) is 1.28. The van der Waals surface area contributed by atoms with Gasteiger partial charge in [-0.1, -0.05) is 6.07 Å². The lowest BCUT2D eigenvalue weighted by Gasteiger charge is -2.00. The molecule has 0 bridgehead atoms. The second-order valence-electron chi connectivity index (χ2n) is 2.16. The molecule has 1 aromatic rings. The molecule has 13 heavy (non-hydrogen) atoms. The van der Waals surface area contributed by atoms with Gasteiger partial charge in [-0.15, -0.1) is 0 Å². The quantitative estimate of drug-likeness (QED) is 0.495. The largest absolute Gasteiger partial charge is 0.462 e. The summed E-state index contributed by atoms with van der Waals surface area (Å²) in [5.41, 5.74) is 0. The number of pyridine rings is 1. The molecule has 0 saturated heterocycles. The third kappa shape index (κ3) is 2.55. The van der Waals surface area contributed by atoms with Crippen molar-refractivity contribution < 1.29 is 14.3 Å². The number of carbonyl (C=O) groups is 2. The highest BCUT2D eigenvalue weighted by Crippen LogP contribution is 1.99. The number of nitrogens with zero attached hydrogens (tertiary/aromatic N) is 1. The first-order valence-corrected chi connectivity index (χ1v) is 3.54. The molecule has 0 spiro atoms. The minimum atomic E-state index is -0.939. The molecule has 0 atom stereocenters. The van der Waals surface area contributed by atoms with Crippen molar-refractivity contribution in [2.24, 2.45) is 0 Å². The van der Waals surface area contributed by atoms with Crippen molar-refractivity contribution in [3.63, 3.8) is 0 Å². The number of anilines is 1. The Hall–Kier alpha value is -1.91. The highest BCUT2D eigenvalue weighted by Gasteiger charge is 2.13. The van der Waals surface area contributed by atoms with Gasteiger partial charge in [-0.3, -0.25) is 4.79 Å². The van der Waals surface area contributed by atoms with E-state index in [9.17, 15) is 9.59 Å². The molecule has 0 radical (unpaired) electrons. The van der Waals surface area contributed by atoms with Crippen molar-refractivity contribution in [1.82, 2.24) is 4.98 Å². The van der Waals surface area contributed by atoms with Gasteiger partial charge in [0.15, 0.2) is 0 Å². The van der Waals surface area contributed by atoms with E-state index in [0.29, 0.717) is 5.82 Å². The summed E-state index contributed by atoms with van der Waals surface area (Å²) >= 11 is 0. The molecule has 68 valence electrons. The van der Waals surface area contributed by atoms with E-state index in [1.807, 2.05) is 0 Å². The fourth-order valence-corrected chi connectivity index (χ4v) is 0.697. The van der Waals surface area contributed by atoms with Crippen molar-refractivity contribution in [2.45, 2.75) is 0 Å². The molecule has 1 heterocycles. The van der Waals surface area contributed by atoms with Gasteiger partial charge >= 0.3 is 11.9 Å². The van der Waals surface area contributed by atoms with Crippen LogP contribution in [0.5, 0.6) is 0 Å². The summed E-state index contributed by atoms with van der Waals surface area (Å²) < 4.78 is 4.21. The van der Waals surface area contributed by atoms with Crippen LogP contribution < -0.4 is 5.32 Å². The summed E-state index contributed by atoms with van der Waals surface area (Å²) in [6, 6.07) is 4.97. The van der Waals surface area contributed by atoms with E-state index in [1.165, 1.54) is 6.20 Å². The fourth-order valence-electron chi connectivity index (χ4n) is 0.697. The number of hydrogen-bond donors (Lipinski definition) is 1. The first-order valence-electron chi connectivity index (χ1n) is 3.54. The maximum atomic E-state index is 10.9. The number of hydrogen-bond acceptors (Lipinski definition) is 4. The van der Waals surface area contributed by atoms with Crippen LogP contribution in [0.2, 0.25) is 0 Å². The minimum Gasteiger partial charge on any atom is -0.462 e. The maximum Gasteiger partial charge on any atom is 0.396 e. The Morgan fingerprint density at radius 1 is 1.46 bits per heavy atom. The number of aromatic nitrogens is 1. The van der Waals surface area contributed by atoms with Crippen molar-refractivity contribution in [3.8, 4) is 0 Å². The van der Waals surface area contributed by atoms with E-state index in [1.54, 1.807) is 18.2 Å². The average molecular weight is 180 g/mol. The number of carbonyl (C=O) groups excluding carboxylic acids is 2. The average Bonchev–Trinajstić information content (AvgIpc) is 2.18. The molecule has 0 aliphatic carbocycles. The van der Waals surface area contributed by atoms with Crippen LogP contribution in [0.3, 0.4) is 0 Å². The monoisotopic (exact) mass is 180 g/mol. The van der Waals surface area contributed by atoms with E-state index < -0.39 is 11.9 Å². The second-order valence-corrected chi connectivity index (χ2v) is 2.16. The van der Waals surface area contributed by atoms with Gasteiger partial charge in [-0.25, -0.2) is 9.78 Å². The van der Waals surface area contributed by atoms with Crippen LogP contribution in [0, 0.1) is 0 Å². The number of nitrogens with one attached hydrogen (secondary N) is 1. The van der Waals surface area contributed by atoms with Crippen LogP contribution >= 0.6 is 0 Å². The SMILES string of the molecule is COC(=O)C(=O)Nc1ccccn1. The highest BCUT2D eigenvalue weighted by atomic mass is 16.5. The number of esters is 1. The predicted octanol–water partition coefficient (Wildman–Crippen LogP) is 0.193. The van der Waals surface area contributed by atoms with E-state index in [0.717, 1.165) is 7.11 Å². The van der Waals surface area contributed by atoms with E-state index >= 15 is 0 Å². The van der Waals surface area contributed by atoms with Crippen LogP contribution in [0.15, 0.2) is 24.4 Å². The van der Waals surface area contributed by atoms with E-state index in [4.69, 9.17) is 0 Å². The molecule has 0 aliphatic heterocycles. The van der Waals surface area contributed by atoms with E-state index in [2.05, 4.69) is 15.0 Å². The zero-order chi connectivity index (χ0) is 9.68. The highest BCUT2D eigenvalue weighted by molar-refractivity contribution is 6.37. The van der Waals surface area contributed by atoms with Gasteiger partial charge in [-0.2, -0.15) is 0 Å². The summed E-state index contributed by atoms with van der Waals surface area (Å²) in [6.45, 7) is 0. The summed E-state index contributed by atoms with van der Waals surface area (Å²) in [4.78, 5) is 25.4. The number of rotatable bonds is 1. The molecule has 1 N–H and O–H groups in total. The number of amides is 1. The van der Waals surface area contributed by atoms with Gasteiger partial charge in [0.1, 0.15) is 5.82 Å². The Kier molecular flexibility index (Phi) is 2.97. The third-order valence-electron chi connectivity index (χ3n) is 1.28. The zero-order valence-corrected chi connectivity index (χ0v) is 6.98. The normalized spacial score (nSPS) is 9.00. The molecule has 0 unspecified atom stereocenters. The molecule has 0 saturated carbocycles. The lowest BCUT2D eigenvalue weighted by Crippen LogP contribution is -2.24. The Labute approximate surface area is 74.7 Å². The second kappa shape index (κ2) is 4.20. The zero-order valence-electron chi connectivity index (χ0n) is 6.98. The smallest absolute Gasteiger partial charge is 0.396 e. The molecular formula is C8H8N2O3. The molecule has 5 heteroatoms. The lowest BCUT2D eigenvalue weighted by molar-refractivity contribution is -0.150. The van der Waals surface area contributed by atoms with Crippen molar-refractivity contribution in [2.75, 3.05) is 12.4 Å². The van der Waals surface area contributed by atoms with Crippen LogP contribution in [0.1, 0.15) is 0 Å². The standard InChI is InChI=1S/C8H8N2O3/c1-13-8(12)7(11)10-6-4-2-3-5-9-6/h2-5H,1H3,(H,9,10,11). The summed E-state index contributed by atoms with van der Waals surface area (Å²) in [5.74, 6) is -1.45. The van der Waals surface area contributed by atoms with Crippen LogP contribution in [0.25, 0.3) is 0 Å². The van der Waals surface area contributed by atoms with E-state index in [-0.39, 0.29) is 0 Å². The molecule has 1 aromatic heterocycles. The molecule has 1 amide bonds. The first-order chi connectivity index (χ1) is 6.24. The summed E-state index contributed by atoms with van der Waals surface area (Å²) in [5, 5.41) is 2.27. The van der Waals surface area contributed by atoms with Crippen molar-refractivity contribution in [1.29, 1.82) is 0 Å². The fraction of sp³-hybridized carbons (Fsp3) is 0.125. The Morgan fingerprint density at radius 3 is 2.77 bits per heavy atom. The van der Waals surface area contributed by atoms with Crippen LogP contribution in [-0.4, -0.2) is 24.0 Å². The molecule has 0 fully saturated rings. The number of ether oxygens (including phenoxy) is 1. The van der Waals surface area contributed by atoms with Gasteiger partial charge in [-0.05, 0) is 12.1 Å². The summed E-state index contributed by atoms with van der Waals surface area (Å²) in [7, 11) is 1.14. The molecule has 1 rings (SSSR count). The van der Waals surface area contributed by atoms with Crippen LogP contribution in [0.4, 0.5) is 5.82 Å².